The van der Waals surface area contributed by atoms with Crippen LogP contribution < -0.4 is 0 Å². The molecular formula is C50H78N2O16. The molecule has 68 heavy (non-hydrogen) atoms. The van der Waals surface area contributed by atoms with Gasteiger partial charge in [-0.3, -0.25) is 14.4 Å². The van der Waals surface area contributed by atoms with Gasteiger partial charge in [0.15, 0.2) is 30.4 Å². The number of rotatable bonds is 12. The van der Waals surface area contributed by atoms with Crippen LogP contribution in [-0.4, -0.2) is 159 Å². The molecule has 4 aliphatic rings. The number of hydrogen-bond acceptors (Lipinski definition) is 17. The summed E-state index contributed by atoms with van der Waals surface area (Å²) in [5.41, 5.74) is -3.11. The number of esters is 2. The summed E-state index contributed by atoms with van der Waals surface area (Å²) >= 11 is 0. The number of likely N-dealkylation sites (N-methyl/N-ethyl adjacent to an activating group) is 2. The Morgan fingerprint density at radius 2 is 1.47 bits per heavy atom. The van der Waals surface area contributed by atoms with Crippen molar-refractivity contribution in [3.63, 3.8) is 0 Å². The fraction of sp³-hybridized carbons (Fsp3) is 0.780. The number of carbonyl (C=O) groups is 5. The van der Waals surface area contributed by atoms with Gasteiger partial charge in [0.1, 0.15) is 24.1 Å². The molecule has 4 fully saturated rings. The molecule has 4 heterocycles. The quantitative estimate of drug-likeness (QED) is 0.163. The van der Waals surface area contributed by atoms with E-state index in [0.29, 0.717) is 6.42 Å². The van der Waals surface area contributed by atoms with Crippen LogP contribution in [0.2, 0.25) is 0 Å². The summed E-state index contributed by atoms with van der Waals surface area (Å²) in [5, 5.41) is 0. The molecule has 4 saturated heterocycles. The van der Waals surface area contributed by atoms with E-state index >= 15 is 0 Å². The number of methoxy groups -OCH3 is 2. The molecular weight excluding hydrogens is 885 g/mol. The van der Waals surface area contributed by atoms with Gasteiger partial charge in [-0.2, -0.15) is 0 Å². The van der Waals surface area contributed by atoms with E-state index in [9.17, 15) is 24.0 Å². The van der Waals surface area contributed by atoms with Crippen molar-refractivity contribution in [1.29, 1.82) is 0 Å². The van der Waals surface area contributed by atoms with Crippen molar-refractivity contribution in [3.05, 3.63) is 35.9 Å². The van der Waals surface area contributed by atoms with Crippen LogP contribution in [0.25, 0.3) is 0 Å². The smallest absolute Gasteiger partial charge is 0.458 e. The van der Waals surface area contributed by atoms with E-state index in [1.807, 2.05) is 83.9 Å². The molecule has 0 aliphatic carbocycles. The zero-order chi connectivity index (χ0) is 50.6. The van der Waals surface area contributed by atoms with Crippen LogP contribution >= 0.6 is 0 Å². The number of amides is 1. The summed E-state index contributed by atoms with van der Waals surface area (Å²) in [6.45, 7) is 19.2. The van der Waals surface area contributed by atoms with Crippen LogP contribution in [0.4, 0.5) is 9.59 Å². The number of benzene rings is 1. The number of fused-ring (bicyclic) bond motifs is 1. The van der Waals surface area contributed by atoms with Gasteiger partial charge in [0, 0.05) is 52.4 Å². The van der Waals surface area contributed by atoms with Crippen LogP contribution in [0.15, 0.2) is 30.3 Å². The van der Waals surface area contributed by atoms with Gasteiger partial charge in [-0.1, -0.05) is 58.0 Å². The van der Waals surface area contributed by atoms with E-state index < -0.39 is 120 Å². The fourth-order valence-electron chi connectivity index (χ4n) is 11.1. The molecule has 0 N–H and O–H groups in total. The van der Waals surface area contributed by atoms with E-state index in [4.69, 9.17) is 52.1 Å². The number of Topliss-reactive ketones (excluding diaryl/α,β-unsaturated/α-hetero) is 1. The van der Waals surface area contributed by atoms with E-state index in [1.54, 1.807) is 41.7 Å². The zero-order valence-electron chi connectivity index (χ0n) is 43.0. The first kappa shape index (κ1) is 55.0. The largest absolute Gasteiger partial charge is 0.509 e. The summed E-state index contributed by atoms with van der Waals surface area (Å²) in [6.07, 6.45) is -8.84. The van der Waals surface area contributed by atoms with Crippen molar-refractivity contribution in [2.45, 2.75) is 193 Å². The lowest BCUT2D eigenvalue weighted by Crippen LogP contribution is -2.62. The second-order valence-corrected chi connectivity index (χ2v) is 20.3. The fourth-order valence-corrected chi connectivity index (χ4v) is 11.1. The van der Waals surface area contributed by atoms with Crippen LogP contribution in [0, 0.1) is 23.7 Å². The molecule has 0 aromatic heterocycles. The van der Waals surface area contributed by atoms with E-state index in [1.165, 1.54) is 26.0 Å². The number of ketones is 1. The Labute approximate surface area is 402 Å². The van der Waals surface area contributed by atoms with Crippen molar-refractivity contribution in [2.24, 2.45) is 23.7 Å². The van der Waals surface area contributed by atoms with E-state index in [2.05, 4.69) is 0 Å². The Morgan fingerprint density at radius 3 is 2.06 bits per heavy atom. The van der Waals surface area contributed by atoms with Crippen molar-refractivity contribution >= 4 is 30.0 Å². The molecule has 4 aliphatic heterocycles. The first-order chi connectivity index (χ1) is 31.8. The summed E-state index contributed by atoms with van der Waals surface area (Å²) < 4.78 is 69.4. The van der Waals surface area contributed by atoms with Gasteiger partial charge >= 0.3 is 24.2 Å². The molecule has 18 nitrogen and oxygen atoms in total. The minimum Gasteiger partial charge on any atom is -0.458 e. The zero-order valence-corrected chi connectivity index (χ0v) is 43.0. The monoisotopic (exact) mass is 963 g/mol. The second kappa shape index (κ2) is 22.4. The highest BCUT2D eigenvalue weighted by molar-refractivity contribution is 5.85. The van der Waals surface area contributed by atoms with Crippen molar-refractivity contribution in [3.8, 4) is 0 Å². The van der Waals surface area contributed by atoms with Crippen molar-refractivity contribution < 1.29 is 76.1 Å². The third-order valence-corrected chi connectivity index (χ3v) is 14.9. The maximum atomic E-state index is 14.9. The third kappa shape index (κ3) is 11.8. The SMILES string of the molecule is CC[C@H]1OC(=O)[C@H](C)[C@@H](O[C@H]2C[C@@](C)(OC)[C@@H](OC(=O)OCc3ccccc3)[C@H](C)O2)[C@H](C)[C@@H](O[C@@H]2O[C@H](C)C[C@H](N(C)C)[C@H]2OC(C)=O)[C@](C)(OC)C[C@@H](C)C(=O)[C@H](C)[C@H]2N(C)C(=O)O[C@]12C. The lowest BCUT2D eigenvalue weighted by Gasteiger charge is -2.50. The predicted molar refractivity (Wildman–Crippen MR) is 246 cm³/mol. The lowest BCUT2D eigenvalue weighted by atomic mass is 9.73. The molecule has 0 bridgehead atoms. The molecule has 384 valence electrons. The Balaban J connectivity index is 1.59. The number of carbonyl (C=O) groups excluding carboxylic acids is 5. The molecule has 1 aromatic rings. The number of nitrogens with zero attached hydrogens (tertiary/aromatic N) is 2. The molecule has 1 amide bonds. The highest BCUT2D eigenvalue weighted by Gasteiger charge is 2.60. The Kier molecular flexibility index (Phi) is 18.2. The van der Waals surface area contributed by atoms with Gasteiger partial charge in [-0.25, -0.2) is 9.59 Å². The normalized spacial score (nSPS) is 40.7. The first-order valence-corrected chi connectivity index (χ1v) is 24.0. The van der Waals surface area contributed by atoms with Crippen LogP contribution in [0.3, 0.4) is 0 Å². The molecule has 1 aromatic carbocycles. The summed E-state index contributed by atoms with van der Waals surface area (Å²) in [6, 6.07) is 8.11. The molecule has 0 spiro atoms. The van der Waals surface area contributed by atoms with Gasteiger partial charge in [0.2, 0.25) is 0 Å². The summed E-state index contributed by atoms with van der Waals surface area (Å²) in [4.78, 5) is 72.2. The van der Waals surface area contributed by atoms with Crippen LogP contribution in [0.1, 0.15) is 107 Å². The molecule has 18 heteroatoms. The minimum absolute atomic E-state index is 0.000277. The highest BCUT2D eigenvalue weighted by Crippen LogP contribution is 2.45. The van der Waals surface area contributed by atoms with Crippen LogP contribution in [0.5, 0.6) is 0 Å². The number of hydrogen-bond donors (Lipinski definition) is 0. The number of ether oxygens (including phenoxy) is 11. The summed E-state index contributed by atoms with van der Waals surface area (Å²) in [5.74, 6) is -4.65. The Bertz CT molecular complexity index is 1900. The second-order valence-electron chi connectivity index (χ2n) is 20.3. The predicted octanol–water partition coefficient (Wildman–Crippen LogP) is 6.47. The lowest BCUT2D eigenvalue weighted by molar-refractivity contribution is -0.320. The first-order valence-electron chi connectivity index (χ1n) is 24.0. The highest BCUT2D eigenvalue weighted by atomic mass is 16.8. The van der Waals surface area contributed by atoms with Gasteiger partial charge in [-0.05, 0) is 80.5 Å². The van der Waals surface area contributed by atoms with Gasteiger partial charge in [0.05, 0.1) is 48.0 Å². The van der Waals surface area contributed by atoms with Gasteiger partial charge in [0.25, 0.3) is 0 Å². The third-order valence-electron chi connectivity index (χ3n) is 14.9. The van der Waals surface area contributed by atoms with E-state index in [0.717, 1.165) is 5.56 Å². The van der Waals surface area contributed by atoms with Crippen molar-refractivity contribution in [1.82, 2.24) is 9.80 Å². The van der Waals surface area contributed by atoms with E-state index in [-0.39, 0.29) is 43.8 Å². The molecule has 5 rings (SSSR count). The van der Waals surface area contributed by atoms with Gasteiger partial charge in [-0.15, -0.1) is 0 Å². The summed E-state index contributed by atoms with van der Waals surface area (Å²) in [7, 11) is 8.39. The number of cyclic esters (lactones) is 1. The molecule has 18 atom stereocenters. The average Bonchev–Trinajstić information content (AvgIpc) is 3.52. The average molecular weight is 963 g/mol. The van der Waals surface area contributed by atoms with Crippen LogP contribution in [-0.2, 0) is 73.1 Å². The molecule has 0 radical (unpaired) electrons. The molecule has 0 saturated carbocycles. The Hall–Kier alpha value is -3.91. The van der Waals surface area contributed by atoms with Gasteiger partial charge < -0.3 is 61.9 Å². The topological polar surface area (TPSA) is 193 Å². The molecule has 0 unspecified atom stereocenters. The maximum absolute atomic E-state index is 14.9. The minimum atomic E-state index is -1.41. The standard InChI is InChI=1S/C50H78N2O16/c1-17-36-50(11)41(52(14)46(56)68-50)29(4)38(54)27(2)24-48(9,58-15)42(66-45-40(63-33(8)53)35(51(12)13)23-28(3)61-45)30(5)39(31(6)44(55)64-36)65-37-25-49(10,59-16)43(32(7)62-37)67-47(57)60-26-34-21-19-18-20-22-34/h18-22,27-32,35-37,39-43,45H,17,23-26H2,1-16H3/t27-,28-,29+,30+,31-,32+,35+,36-,37+,39+,40-,41-,42-,43+,45+,48-,49-,50-/m1/s1. The maximum Gasteiger partial charge on any atom is 0.509 e. The Morgan fingerprint density at radius 1 is 0.838 bits per heavy atom. The van der Waals surface area contributed by atoms with Crippen molar-refractivity contribution in [2.75, 3.05) is 35.4 Å².